The number of fused-ring (bicyclic) bond motifs is 1. The predicted molar refractivity (Wildman–Crippen MR) is 98.0 cm³/mol. The minimum atomic E-state index is -3.54. The minimum absolute atomic E-state index is 0.142. The topological polar surface area (TPSA) is 66.5 Å². The Morgan fingerprint density at radius 1 is 1.08 bits per heavy atom. The Hall–Kier alpha value is -2.18. The number of carbonyl (C=O) groups excluding carboxylic acids is 1. The summed E-state index contributed by atoms with van der Waals surface area (Å²) in [7, 11) is -3.54. The molecule has 0 unspecified atom stereocenters. The van der Waals surface area contributed by atoms with Crippen molar-refractivity contribution in [2.24, 2.45) is 0 Å². The normalized spacial score (nSPS) is 14.5. The molecule has 1 aliphatic heterocycles. The van der Waals surface area contributed by atoms with E-state index in [2.05, 4.69) is 4.72 Å². The maximum absolute atomic E-state index is 12.4. The smallest absolute Gasteiger partial charge is 0.240 e. The standard InChI is InChI=1S/C19H22N2O3S/c1-3-21-18-10-6-15(12-16(18)7-11-19(21)22)13-20-25(23,24)17-8-4-14(2)5-9-17/h4-6,8-10,12,20H,3,7,11,13H2,1-2H3. The van der Waals surface area contributed by atoms with Crippen molar-refractivity contribution in [3.8, 4) is 0 Å². The first-order valence-corrected chi connectivity index (χ1v) is 9.87. The van der Waals surface area contributed by atoms with Gasteiger partial charge in [-0.1, -0.05) is 29.8 Å². The molecular formula is C19H22N2O3S. The number of aryl methyl sites for hydroxylation is 2. The highest BCUT2D eigenvalue weighted by Gasteiger charge is 2.23. The van der Waals surface area contributed by atoms with E-state index in [9.17, 15) is 13.2 Å². The number of hydrogen-bond acceptors (Lipinski definition) is 3. The second-order valence-corrected chi connectivity index (χ2v) is 8.01. The lowest BCUT2D eigenvalue weighted by molar-refractivity contribution is -0.118. The molecule has 2 aromatic carbocycles. The van der Waals surface area contributed by atoms with Gasteiger partial charge in [-0.2, -0.15) is 0 Å². The van der Waals surface area contributed by atoms with Gasteiger partial charge in [0.1, 0.15) is 0 Å². The largest absolute Gasteiger partial charge is 0.312 e. The molecule has 0 aliphatic carbocycles. The van der Waals surface area contributed by atoms with E-state index < -0.39 is 10.0 Å². The van der Waals surface area contributed by atoms with Crippen LogP contribution in [0.15, 0.2) is 47.4 Å². The molecule has 0 saturated heterocycles. The van der Waals surface area contributed by atoms with Crippen molar-refractivity contribution in [1.29, 1.82) is 0 Å². The first-order chi connectivity index (χ1) is 11.9. The quantitative estimate of drug-likeness (QED) is 0.894. The summed E-state index contributed by atoms with van der Waals surface area (Å²) in [5.74, 6) is 0.142. The van der Waals surface area contributed by atoms with E-state index in [0.29, 0.717) is 19.4 Å². The second kappa shape index (κ2) is 6.98. The summed E-state index contributed by atoms with van der Waals surface area (Å²) in [5.41, 5.74) is 3.93. The van der Waals surface area contributed by atoms with Gasteiger partial charge in [-0.15, -0.1) is 0 Å². The summed E-state index contributed by atoms with van der Waals surface area (Å²) >= 11 is 0. The number of carbonyl (C=O) groups is 1. The summed E-state index contributed by atoms with van der Waals surface area (Å²) in [6, 6.07) is 12.5. The molecule has 0 spiro atoms. The molecule has 3 rings (SSSR count). The van der Waals surface area contributed by atoms with E-state index in [4.69, 9.17) is 0 Å². The van der Waals surface area contributed by atoms with Crippen LogP contribution in [0.1, 0.15) is 30.0 Å². The van der Waals surface area contributed by atoms with Crippen LogP contribution in [0.4, 0.5) is 5.69 Å². The highest BCUT2D eigenvalue weighted by Crippen LogP contribution is 2.28. The Morgan fingerprint density at radius 2 is 1.80 bits per heavy atom. The zero-order valence-corrected chi connectivity index (χ0v) is 15.3. The molecule has 0 atom stereocenters. The van der Waals surface area contributed by atoms with Crippen LogP contribution in [0.2, 0.25) is 0 Å². The van der Waals surface area contributed by atoms with Gasteiger partial charge in [0.05, 0.1) is 4.90 Å². The van der Waals surface area contributed by atoms with Crippen molar-refractivity contribution >= 4 is 21.6 Å². The third-order valence-electron chi connectivity index (χ3n) is 4.46. The molecule has 0 saturated carbocycles. The van der Waals surface area contributed by atoms with Gasteiger partial charge >= 0.3 is 0 Å². The molecule has 0 bridgehead atoms. The van der Waals surface area contributed by atoms with Crippen molar-refractivity contribution in [1.82, 2.24) is 4.72 Å². The van der Waals surface area contributed by atoms with Crippen LogP contribution in [0.25, 0.3) is 0 Å². The fraction of sp³-hybridized carbons (Fsp3) is 0.316. The Morgan fingerprint density at radius 3 is 2.48 bits per heavy atom. The molecule has 6 heteroatoms. The maximum Gasteiger partial charge on any atom is 0.240 e. The van der Waals surface area contributed by atoms with Crippen LogP contribution < -0.4 is 9.62 Å². The van der Waals surface area contributed by atoms with E-state index in [-0.39, 0.29) is 17.3 Å². The lowest BCUT2D eigenvalue weighted by Gasteiger charge is -2.28. The van der Waals surface area contributed by atoms with Crippen LogP contribution in [-0.2, 0) is 27.8 Å². The van der Waals surface area contributed by atoms with Gasteiger partial charge in [0.25, 0.3) is 0 Å². The first-order valence-electron chi connectivity index (χ1n) is 8.39. The Balaban J connectivity index is 1.76. The number of benzene rings is 2. The Labute approximate surface area is 148 Å². The number of amides is 1. The SMILES string of the molecule is CCN1C(=O)CCc2cc(CNS(=O)(=O)c3ccc(C)cc3)ccc21. The molecule has 5 nitrogen and oxygen atoms in total. The van der Waals surface area contributed by atoms with Gasteiger partial charge in [0, 0.05) is 25.2 Å². The summed E-state index contributed by atoms with van der Waals surface area (Å²) in [4.78, 5) is 14.0. The van der Waals surface area contributed by atoms with Gasteiger partial charge in [-0.25, -0.2) is 13.1 Å². The van der Waals surface area contributed by atoms with Crippen LogP contribution in [0, 0.1) is 6.92 Å². The van der Waals surface area contributed by atoms with E-state index in [1.54, 1.807) is 29.2 Å². The molecule has 2 aromatic rings. The van der Waals surface area contributed by atoms with Gasteiger partial charge in [0.15, 0.2) is 0 Å². The molecule has 132 valence electrons. The van der Waals surface area contributed by atoms with Crippen LogP contribution >= 0.6 is 0 Å². The monoisotopic (exact) mass is 358 g/mol. The number of hydrogen-bond donors (Lipinski definition) is 1. The van der Waals surface area contributed by atoms with E-state index in [1.807, 2.05) is 32.0 Å². The van der Waals surface area contributed by atoms with E-state index in [0.717, 1.165) is 22.4 Å². The Kier molecular flexibility index (Phi) is 4.92. The van der Waals surface area contributed by atoms with Crippen molar-refractivity contribution in [2.75, 3.05) is 11.4 Å². The summed E-state index contributed by atoms with van der Waals surface area (Å²) in [5, 5.41) is 0. The summed E-state index contributed by atoms with van der Waals surface area (Å²) < 4.78 is 27.4. The Bertz CT molecular complexity index is 889. The van der Waals surface area contributed by atoms with Crippen molar-refractivity contribution in [2.45, 2.75) is 38.1 Å². The summed E-state index contributed by atoms with van der Waals surface area (Å²) in [6.07, 6.45) is 1.20. The zero-order valence-electron chi connectivity index (χ0n) is 14.5. The average molecular weight is 358 g/mol. The number of rotatable bonds is 5. The lowest BCUT2D eigenvalue weighted by Crippen LogP contribution is -2.34. The highest BCUT2D eigenvalue weighted by molar-refractivity contribution is 7.89. The maximum atomic E-state index is 12.4. The molecule has 1 heterocycles. The van der Waals surface area contributed by atoms with Gasteiger partial charge in [-0.05, 0) is 49.6 Å². The molecule has 0 radical (unpaired) electrons. The fourth-order valence-corrected chi connectivity index (χ4v) is 4.07. The predicted octanol–water partition coefficient (Wildman–Crippen LogP) is 2.77. The third kappa shape index (κ3) is 3.75. The van der Waals surface area contributed by atoms with E-state index in [1.165, 1.54) is 0 Å². The third-order valence-corrected chi connectivity index (χ3v) is 5.87. The van der Waals surface area contributed by atoms with Crippen molar-refractivity contribution < 1.29 is 13.2 Å². The molecule has 1 aliphatic rings. The van der Waals surface area contributed by atoms with Crippen LogP contribution in [0.5, 0.6) is 0 Å². The number of nitrogens with one attached hydrogen (secondary N) is 1. The van der Waals surface area contributed by atoms with Crippen LogP contribution in [0.3, 0.4) is 0 Å². The molecule has 1 N–H and O–H groups in total. The summed E-state index contributed by atoms with van der Waals surface area (Å²) in [6.45, 7) is 4.74. The van der Waals surface area contributed by atoms with Gasteiger partial charge in [0.2, 0.25) is 15.9 Å². The molecule has 0 fully saturated rings. The second-order valence-electron chi connectivity index (χ2n) is 6.24. The molecule has 1 amide bonds. The number of anilines is 1. The fourth-order valence-electron chi connectivity index (χ4n) is 3.05. The first kappa shape index (κ1) is 17.6. The van der Waals surface area contributed by atoms with Crippen molar-refractivity contribution in [3.05, 3.63) is 59.2 Å². The van der Waals surface area contributed by atoms with Gasteiger partial charge < -0.3 is 4.90 Å². The van der Waals surface area contributed by atoms with Gasteiger partial charge in [-0.3, -0.25) is 4.79 Å². The zero-order chi connectivity index (χ0) is 18.0. The van der Waals surface area contributed by atoms with E-state index >= 15 is 0 Å². The molecule has 0 aromatic heterocycles. The molecular weight excluding hydrogens is 336 g/mol. The lowest BCUT2D eigenvalue weighted by atomic mass is 9.99. The van der Waals surface area contributed by atoms with Crippen LogP contribution in [-0.4, -0.2) is 20.9 Å². The number of sulfonamides is 1. The number of nitrogens with zero attached hydrogens (tertiary/aromatic N) is 1. The minimum Gasteiger partial charge on any atom is -0.312 e. The average Bonchev–Trinajstić information content (AvgIpc) is 2.60. The molecule has 25 heavy (non-hydrogen) atoms. The highest BCUT2D eigenvalue weighted by atomic mass is 32.2. The van der Waals surface area contributed by atoms with Crippen molar-refractivity contribution in [3.63, 3.8) is 0 Å².